The van der Waals surface area contributed by atoms with Crippen molar-refractivity contribution < 1.29 is 41.9 Å². The number of esters is 2. The van der Waals surface area contributed by atoms with Crippen LogP contribution in [0.15, 0.2) is 0 Å². The highest BCUT2D eigenvalue weighted by atomic mass is 32.2. The van der Waals surface area contributed by atoms with Gasteiger partial charge >= 0.3 is 11.9 Å². The minimum Gasteiger partial charge on any atom is -0.428 e. The first-order valence-electron chi connectivity index (χ1n) is 13.8. The number of carbonyl (C=O) groups excluding carboxylic acids is 5. The first-order chi connectivity index (χ1) is 18.6. The highest BCUT2D eigenvalue weighted by Crippen LogP contribution is 2.58. The monoisotopic (exact) mass is 599 g/mol. The van der Waals surface area contributed by atoms with Gasteiger partial charge in [-0.15, -0.1) is 11.8 Å². The summed E-state index contributed by atoms with van der Waals surface area (Å²) in [5.41, 5.74) is 6.21. The van der Waals surface area contributed by atoms with Crippen molar-refractivity contribution in [1.82, 2.24) is 10.2 Å². The van der Waals surface area contributed by atoms with Crippen LogP contribution in [-0.4, -0.2) is 87.9 Å². The van der Waals surface area contributed by atoms with Crippen LogP contribution in [0.4, 0.5) is 0 Å². The Labute approximate surface area is 237 Å². The Bertz CT molecular complexity index is 1240. The van der Waals surface area contributed by atoms with Gasteiger partial charge in [-0.25, -0.2) is 13.2 Å². The van der Waals surface area contributed by atoms with Crippen LogP contribution in [-0.2, 0) is 43.3 Å². The van der Waals surface area contributed by atoms with Crippen LogP contribution in [0.1, 0.15) is 66.2 Å². The Balaban J connectivity index is 1.17. The van der Waals surface area contributed by atoms with Crippen molar-refractivity contribution in [3.8, 4) is 0 Å². The number of carbonyl (C=O) groups is 5. The summed E-state index contributed by atoms with van der Waals surface area (Å²) < 4.78 is 33.6. The fourth-order valence-electron chi connectivity index (χ4n) is 7.04. The lowest BCUT2D eigenvalue weighted by Crippen LogP contribution is -2.65. The number of nitrogens with one attached hydrogen (secondary N) is 1. The molecule has 222 valence electrons. The molecule has 0 bridgehead atoms. The van der Waals surface area contributed by atoms with E-state index in [-0.39, 0.29) is 29.3 Å². The number of ketones is 1. The second-order valence-corrected chi connectivity index (χ2v) is 17.1. The number of Topliss-reactive ketones (excluding diaryl/α,β-unsaturated/α-hetero) is 1. The van der Waals surface area contributed by atoms with Crippen LogP contribution >= 0.6 is 11.8 Å². The van der Waals surface area contributed by atoms with Gasteiger partial charge < -0.3 is 25.4 Å². The van der Waals surface area contributed by atoms with Gasteiger partial charge in [-0.1, -0.05) is 19.3 Å². The molecule has 5 fully saturated rings. The van der Waals surface area contributed by atoms with Crippen molar-refractivity contribution in [2.24, 2.45) is 23.5 Å². The maximum atomic E-state index is 13.1. The number of fused-ring (bicyclic) bond motifs is 2. The Morgan fingerprint density at radius 2 is 1.70 bits per heavy atom. The number of nitrogens with two attached hydrogens (primary N) is 1. The quantitative estimate of drug-likeness (QED) is 0.233. The molecule has 3 saturated heterocycles. The first kappa shape index (κ1) is 29.3. The lowest BCUT2D eigenvalue weighted by atomic mass is 9.67. The molecule has 12 nitrogen and oxygen atoms in total. The van der Waals surface area contributed by atoms with Crippen molar-refractivity contribution >= 4 is 51.1 Å². The van der Waals surface area contributed by atoms with E-state index in [2.05, 4.69) is 5.32 Å². The fraction of sp³-hybridized carbons (Fsp3) is 0.808. The summed E-state index contributed by atoms with van der Waals surface area (Å²) in [4.78, 5) is 64.9. The molecule has 0 spiro atoms. The molecule has 3 N–H and O–H groups in total. The molecular formula is C26H37N3O9S2. The Kier molecular flexibility index (Phi) is 7.30. The van der Waals surface area contributed by atoms with E-state index in [1.807, 2.05) is 13.8 Å². The maximum absolute atomic E-state index is 13.1. The van der Waals surface area contributed by atoms with E-state index in [0.29, 0.717) is 0 Å². The zero-order valence-electron chi connectivity index (χ0n) is 23.1. The van der Waals surface area contributed by atoms with Crippen LogP contribution in [0, 0.1) is 17.8 Å². The molecule has 40 heavy (non-hydrogen) atoms. The molecule has 0 aromatic carbocycles. The van der Waals surface area contributed by atoms with E-state index < -0.39 is 79.3 Å². The minimum atomic E-state index is -3.78. The third kappa shape index (κ3) is 4.36. The van der Waals surface area contributed by atoms with Crippen molar-refractivity contribution in [3.63, 3.8) is 0 Å². The molecule has 0 aromatic rings. The third-order valence-corrected chi connectivity index (χ3v) is 14.0. The Morgan fingerprint density at radius 1 is 1.07 bits per heavy atom. The maximum Gasteiger partial charge on any atom is 0.333 e. The topological polar surface area (TPSA) is 179 Å². The number of hydrogen-bond donors (Lipinski definition) is 2. The standard InChI is InChI=1S/C26H37N3O9S2/c1-25(2)16(15-19(31)18(20(15)39-25)28-22(32)17(27)12-8-6-5-7-9-12)23(33)37-11-38-24(34)21-26(3,4)40(35,36)14-10-13(30)29(14)21/h12,14-18,20-21H,5-11,27H2,1-4H3,(H,28,32)/t14-,15-,16-,17-,18+,20-,21-/m1/s1. The second-order valence-electron chi connectivity index (χ2n) is 12.6. The summed E-state index contributed by atoms with van der Waals surface area (Å²) >= 11 is 1.43. The van der Waals surface area contributed by atoms with Gasteiger partial charge in [0.05, 0.1) is 23.1 Å². The summed E-state index contributed by atoms with van der Waals surface area (Å²) in [6.07, 6.45) is 4.82. The summed E-state index contributed by atoms with van der Waals surface area (Å²) in [7, 11) is -3.78. The van der Waals surface area contributed by atoms with Gasteiger partial charge in [0, 0.05) is 15.9 Å². The van der Waals surface area contributed by atoms with Crippen molar-refractivity contribution in [3.05, 3.63) is 0 Å². The molecule has 3 heterocycles. The van der Waals surface area contributed by atoms with Gasteiger partial charge in [0.25, 0.3) is 0 Å². The zero-order valence-corrected chi connectivity index (χ0v) is 24.7. The number of thioether (sulfide) groups is 1. The number of hydrogen-bond acceptors (Lipinski definition) is 11. The molecule has 0 unspecified atom stereocenters. The summed E-state index contributed by atoms with van der Waals surface area (Å²) in [6.45, 7) is 5.58. The van der Waals surface area contributed by atoms with Crippen LogP contribution in [0.3, 0.4) is 0 Å². The molecule has 0 radical (unpaired) electrons. The van der Waals surface area contributed by atoms with Gasteiger partial charge in [0.15, 0.2) is 15.6 Å². The van der Waals surface area contributed by atoms with Crippen molar-refractivity contribution in [2.45, 2.75) is 104 Å². The van der Waals surface area contributed by atoms with Gasteiger partial charge in [-0.05, 0) is 46.5 Å². The molecule has 7 atom stereocenters. The normalized spacial score (nSPS) is 36.0. The smallest absolute Gasteiger partial charge is 0.333 e. The molecule has 2 amide bonds. The first-order valence-corrected chi connectivity index (χ1v) is 16.2. The average Bonchev–Trinajstić information content (AvgIpc) is 3.22. The van der Waals surface area contributed by atoms with E-state index in [1.54, 1.807) is 0 Å². The zero-order chi connectivity index (χ0) is 29.4. The van der Waals surface area contributed by atoms with Crippen molar-refractivity contribution in [2.75, 3.05) is 6.79 Å². The van der Waals surface area contributed by atoms with E-state index in [9.17, 15) is 32.4 Å². The third-order valence-electron chi connectivity index (χ3n) is 9.48. The largest absolute Gasteiger partial charge is 0.428 e. The van der Waals surface area contributed by atoms with E-state index in [4.69, 9.17) is 15.2 Å². The van der Waals surface area contributed by atoms with Gasteiger partial charge in [-0.3, -0.25) is 19.2 Å². The van der Waals surface area contributed by atoms with Gasteiger partial charge in [0.1, 0.15) is 17.5 Å². The van der Waals surface area contributed by atoms with E-state index in [1.165, 1.54) is 25.6 Å². The fourth-order valence-corrected chi connectivity index (χ4v) is 11.0. The van der Waals surface area contributed by atoms with E-state index >= 15 is 0 Å². The summed E-state index contributed by atoms with van der Waals surface area (Å²) in [6, 6.07) is -2.76. The lowest BCUT2D eigenvalue weighted by Gasteiger charge is -2.40. The second kappa shape index (κ2) is 9.97. The molecule has 2 aliphatic carbocycles. The number of ether oxygens (including phenoxy) is 2. The highest BCUT2D eigenvalue weighted by Gasteiger charge is 2.69. The molecule has 14 heteroatoms. The molecule has 3 aliphatic heterocycles. The molecule has 0 aromatic heterocycles. The molecule has 2 saturated carbocycles. The van der Waals surface area contributed by atoms with Crippen LogP contribution in [0.5, 0.6) is 0 Å². The number of amides is 2. The Hall–Kier alpha value is -2.19. The predicted octanol–water partition coefficient (Wildman–Crippen LogP) is 0.266. The Morgan fingerprint density at radius 3 is 2.33 bits per heavy atom. The summed E-state index contributed by atoms with van der Waals surface area (Å²) in [5.74, 6) is -4.18. The van der Waals surface area contributed by atoms with Crippen LogP contribution in [0.2, 0.25) is 0 Å². The highest BCUT2D eigenvalue weighted by molar-refractivity contribution is 8.01. The number of β-lactam (4-membered cyclic amide) rings is 1. The summed E-state index contributed by atoms with van der Waals surface area (Å²) in [5, 5.41) is 1.44. The number of sulfone groups is 1. The molecular weight excluding hydrogens is 562 g/mol. The minimum absolute atomic E-state index is 0.0952. The van der Waals surface area contributed by atoms with E-state index in [0.717, 1.165) is 37.0 Å². The van der Waals surface area contributed by atoms with Gasteiger partial charge in [-0.2, -0.15) is 0 Å². The molecule has 5 rings (SSSR count). The number of rotatable bonds is 7. The predicted molar refractivity (Wildman–Crippen MR) is 143 cm³/mol. The SMILES string of the molecule is CC1(C)S[C@@H]2[C@@H](C(=O)[C@@H]2NC(=O)[C@H](N)C2CCCCC2)[C@@H]1C(=O)OCOC(=O)[C@H]1N2C(=O)C[C@H]2S(=O)(=O)C1(C)C. The molecule has 5 aliphatic rings. The van der Waals surface area contributed by atoms with Gasteiger partial charge in [0.2, 0.25) is 18.6 Å². The number of nitrogens with zero attached hydrogens (tertiary/aromatic N) is 1. The average molecular weight is 600 g/mol. The van der Waals surface area contributed by atoms with Crippen LogP contribution < -0.4 is 11.1 Å². The van der Waals surface area contributed by atoms with Crippen molar-refractivity contribution in [1.29, 1.82) is 0 Å². The van der Waals surface area contributed by atoms with Crippen LogP contribution in [0.25, 0.3) is 0 Å². The lowest BCUT2D eigenvalue weighted by molar-refractivity contribution is -0.179.